The molecule has 6 rings (SSSR count). The van der Waals surface area contributed by atoms with Crippen LogP contribution in [0.2, 0.25) is 5.02 Å². The Labute approximate surface area is 249 Å². The van der Waals surface area contributed by atoms with Crippen molar-refractivity contribution in [3.63, 3.8) is 0 Å². The third kappa shape index (κ3) is 5.31. The van der Waals surface area contributed by atoms with Crippen molar-refractivity contribution >= 4 is 44.8 Å². The van der Waals surface area contributed by atoms with Crippen LogP contribution >= 0.6 is 22.9 Å². The van der Waals surface area contributed by atoms with E-state index in [-0.39, 0.29) is 23.9 Å². The van der Waals surface area contributed by atoms with Gasteiger partial charge in [0.2, 0.25) is 0 Å². The number of thiophene rings is 1. The molecule has 1 saturated carbocycles. The predicted molar refractivity (Wildman–Crippen MR) is 164 cm³/mol. The minimum Gasteiger partial charge on any atom is -0.492 e. The number of halogens is 1. The number of carbonyl (C=O) groups is 1. The van der Waals surface area contributed by atoms with Gasteiger partial charge < -0.3 is 19.9 Å². The molecule has 2 aliphatic rings. The van der Waals surface area contributed by atoms with Crippen LogP contribution < -0.4 is 10.1 Å². The number of aliphatic hydroxyl groups is 1. The summed E-state index contributed by atoms with van der Waals surface area (Å²) in [5.74, 6) is 0.905. The van der Waals surface area contributed by atoms with Crippen molar-refractivity contribution < 1.29 is 19.4 Å². The molecule has 0 amide bonds. The zero-order valence-electron chi connectivity index (χ0n) is 23.1. The third-order valence-corrected chi connectivity index (χ3v) is 10.4. The van der Waals surface area contributed by atoms with Gasteiger partial charge in [0, 0.05) is 29.4 Å². The highest BCUT2D eigenvalue weighted by molar-refractivity contribution is 7.17. The van der Waals surface area contributed by atoms with E-state index < -0.39 is 5.54 Å². The van der Waals surface area contributed by atoms with Gasteiger partial charge >= 0.3 is 5.97 Å². The average Bonchev–Trinajstić information content (AvgIpc) is 3.59. The van der Waals surface area contributed by atoms with Gasteiger partial charge in [-0.05, 0) is 96.7 Å². The van der Waals surface area contributed by atoms with Crippen LogP contribution in [0.4, 0.5) is 5.69 Å². The lowest BCUT2D eigenvalue weighted by Crippen LogP contribution is -2.53. The number of hydrogen-bond donors (Lipinski definition) is 2. The summed E-state index contributed by atoms with van der Waals surface area (Å²) >= 11 is 7.87. The van der Waals surface area contributed by atoms with Crippen molar-refractivity contribution in [3.05, 3.63) is 88.4 Å². The summed E-state index contributed by atoms with van der Waals surface area (Å²) in [5, 5.41) is 16.6. The second-order valence-electron chi connectivity index (χ2n) is 11.5. The van der Waals surface area contributed by atoms with Gasteiger partial charge in [-0.15, -0.1) is 11.3 Å². The van der Waals surface area contributed by atoms with Crippen LogP contribution in [-0.2, 0) is 21.4 Å². The molecule has 2 N–H and O–H groups in total. The van der Waals surface area contributed by atoms with Gasteiger partial charge in [-0.25, -0.2) is 4.79 Å². The zero-order chi connectivity index (χ0) is 28.5. The van der Waals surface area contributed by atoms with E-state index in [0.29, 0.717) is 30.4 Å². The van der Waals surface area contributed by atoms with Crippen molar-refractivity contribution in [1.29, 1.82) is 0 Å². The first-order chi connectivity index (χ1) is 20.0. The van der Waals surface area contributed by atoms with Crippen LogP contribution in [0.15, 0.2) is 72.2 Å². The lowest BCUT2D eigenvalue weighted by atomic mass is 9.59. The Bertz CT molecular complexity index is 1530. The van der Waals surface area contributed by atoms with E-state index in [1.165, 1.54) is 18.2 Å². The molecule has 2 unspecified atom stereocenters. The largest absolute Gasteiger partial charge is 0.492 e. The molecule has 6 nitrogen and oxygen atoms in total. The summed E-state index contributed by atoms with van der Waals surface area (Å²) in [5.41, 5.74) is 3.61. The monoisotopic (exact) mass is 590 g/mol. The molecule has 2 aromatic heterocycles. The molecule has 0 saturated heterocycles. The summed E-state index contributed by atoms with van der Waals surface area (Å²) in [6.07, 6.45) is 6.55. The van der Waals surface area contributed by atoms with Gasteiger partial charge in [0.15, 0.2) is 0 Å². The number of hydrogen-bond acceptors (Lipinski definition) is 7. The van der Waals surface area contributed by atoms with Crippen LogP contribution in [0.1, 0.15) is 43.2 Å². The fourth-order valence-corrected chi connectivity index (χ4v) is 8.17. The number of esters is 1. The summed E-state index contributed by atoms with van der Waals surface area (Å²) < 4.78 is 12.6. The number of fused-ring (bicyclic) bond motifs is 3. The molecule has 4 aromatic rings. The summed E-state index contributed by atoms with van der Waals surface area (Å²) in [6.45, 7) is 0.503. The minimum absolute atomic E-state index is 0.00811. The first kappa shape index (κ1) is 28.0. The Morgan fingerprint density at radius 3 is 2.76 bits per heavy atom. The molecule has 41 heavy (non-hydrogen) atoms. The molecule has 2 heterocycles. The molecule has 0 radical (unpaired) electrons. The lowest BCUT2D eigenvalue weighted by molar-refractivity contribution is -0.148. The van der Waals surface area contributed by atoms with Gasteiger partial charge in [-0.2, -0.15) is 0 Å². The fourth-order valence-electron chi connectivity index (χ4n) is 7.16. The quantitative estimate of drug-likeness (QED) is 0.204. The number of aliphatic hydroxyl groups excluding tert-OH is 1. The number of carbonyl (C=O) groups excluding carboxylic acids is 1. The maximum Gasteiger partial charge on any atom is 0.331 e. The molecule has 2 aliphatic carbocycles. The van der Waals surface area contributed by atoms with E-state index in [9.17, 15) is 9.90 Å². The molecule has 2 atom stereocenters. The summed E-state index contributed by atoms with van der Waals surface area (Å²) in [7, 11) is 1.46. The Morgan fingerprint density at radius 2 is 1.98 bits per heavy atom. The topological polar surface area (TPSA) is 80.7 Å². The zero-order valence-corrected chi connectivity index (χ0v) is 24.7. The molecule has 1 spiro atoms. The van der Waals surface area contributed by atoms with Gasteiger partial charge in [0.25, 0.3) is 0 Å². The van der Waals surface area contributed by atoms with E-state index in [0.717, 1.165) is 47.3 Å². The number of methoxy groups -OCH3 is 1. The highest BCUT2D eigenvalue weighted by Crippen LogP contribution is 2.56. The summed E-state index contributed by atoms with van der Waals surface area (Å²) in [6, 6.07) is 20.1. The van der Waals surface area contributed by atoms with Crippen molar-refractivity contribution in [3.8, 4) is 5.75 Å². The first-order valence-corrected chi connectivity index (χ1v) is 15.5. The number of benzene rings is 2. The molecular weight excluding hydrogens is 556 g/mol. The van der Waals surface area contributed by atoms with Gasteiger partial charge in [-0.1, -0.05) is 41.9 Å². The molecule has 8 heteroatoms. The van der Waals surface area contributed by atoms with Crippen LogP contribution in [0.3, 0.4) is 0 Å². The number of anilines is 1. The highest BCUT2D eigenvalue weighted by atomic mass is 35.5. The number of rotatable bonds is 9. The van der Waals surface area contributed by atoms with Crippen molar-refractivity contribution in [2.75, 3.05) is 25.6 Å². The second kappa shape index (κ2) is 11.6. The smallest absolute Gasteiger partial charge is 0.331 e. The van der Waals surface area contributed by atoms with E-state index in [2.05, 4.69) is 34.6 Å². The van der Waals surface area contributed by atoms with E-state index in [1.807, 2.05) is 41.8 Å². The SMILES string of the molecule is COC(=O)C1(Nc2cccc(Cl)c2)CCC2(CC1)c1ccccc1CC2CC(CO)COc1ccnc2ccsc12. The van der Waals surface area contributed by atoms with Gasteiger partial charge in [0.05, 0.1) is 23.9 Å². The van der Waals surface area contributed by atoms with E-state index in [4.69, 9.17) is 21.1 Å². The summed E-state index contributed by atoms with van der Waals surface area (Å²) in [4.78, 5) is 17.7. The maximum absolute atomic E-state index is 13.3. The van der Waals surface area contributed by atoms with Crippen LogP contribution in [0.25, 0.3) is 10.2 Å². The van der Waals surface area contributed by atoms with Gasteiger partial charge in [-0.3, -0.25) is 4.98 Å². The maximum atomic E-state index is 13.3. The number of nitrogens with one attached hydrogen (secondary N) is 1. The van der Waals surface area contributed by atoms with E-state index in [1.54, 1.807) is 17.5 Å². The Hall–Kier alpha value is -3.13. The minimum atomic E-state index is -0.820. The molecule has 2 aromatic carbocycles. The fraction of sp³-hybridized carbons (Fsp3) is 0.394. The van der Waals surface area contributed by atoms with E-state index >= 15 is 0 Å². The lowest BCUT2D eigenvalue weighted by Gasteiger charge is -2.47. The molecule has 0 aliphatic heterocycles. The van der Waals surface area contributed by atoms with Crippen LogP contribution in [0.5, 0.6) is 5.75 Å². The number of pyridine rings is 1. The van der Waals surface area contributed by atoms with Crippen LogP contribution in [0, 0.1) is 11.8 Å². The second-order valence-corrected chi connectivity index (χ2v) is 12.8. The molecule has 214 valence electrons. The molecule has 1 fully saturated rings. The Kier molecular flexibility index (Phi) is 7.94. The Balaban J connectivity index is 1.23. The molecular formula is C33H35ClN2O4S. The Morgan fingerprint density at radius 1 is 1.15 bits per heavy atom. The number of aromatic nitrogens is 1. The van der Waals surface area contributed by atoms with Crippen molar-refractivity contribution in [2.24, 2.45) is 11.8 Å². The predicted octanol–water partition coefficient (Wildman–Crippen LogP) is 7.04. The molecule has 0 bridgehead atoms. The van der Waals surface area contributed by atoms with Gasteiger partial charge in [0.1, 0.15) is 11.3 Å². The number of nitrogens with zero attached hydrogens (tertiary/aromatic N) is 1. The third-order valence-electron chi connectivity index (χ3n) is 9.24. The number of ether oxygens (including phenoxy) is 2. The first-order valence-electron chi connectivity index (χ1n) is 14.2. The highest BCUT2D eigenvalue weighted by Gasteiger charge is 2.54. The average molecular weight is 591 g/mol. The van der Waals surface area contributed by atoms with Crippen molar-refractivity contribution in [2.45, 2.75) is 49.5 Å². The van der Waals surface area contributed by atoms with Crippen LogP contribution in [-0.4, -0.2) is 41.9 Å². The van der Waals surface area contributed by atoms with Crippen molar-refractivity contribution in [1.82, 2.24) is 4.98 Å². The standard InChI is InChI=1S/C33H35ClN2O4S/c1-39-31(38)33(36-26-7-4-6-25(34)19-26)13-11-32(12-14-33)24(18-23-5-2-3-8-27(23)32)17-22(20-37)21-40-29-9-15-35-28-10-16-41-30(28)29/h2-10,15-16,19,22,24,36-37H,11-14,17-18,20-21H2,1H3. The normalized spacial score (nSPS) is 24.2.